The summed E-state index contributed by atoms with van der Waals surface area (Å²) in [6.45, 7) is 7.13. The Bertz CT molecular complexity index is 2400. The summed E-state index contributed by atoms with van der Waals surface area (Å²) in [4.78, 5) is 91.0. The Morgan fingerprint density at radius 3 is 2.47 bits per heavy atom. The van der Waals surface area contributed by atoms with Crippen LogP contribution in [-0.2, 0) is 32.2 Å². The number of ether oxygens (including phenoxy) is 1. The van der Waals surface area contributed by atoms with Crippen molar-refractivity contribution in [3.05, 3.63) is 76.9 Å². The van der Waals surface area contributed by atoms with E-state index in [1.54, 1.807) is 25.1 Å². The van der Waals surface area contributed by atoms with Crippen LogP contribution in [0.4, 0.5) is 10.5 Å². The Hall–Kier alpha value is -6.16. The summed E-state index contributed by atoms with van der Waals surface area (Å²) in [6, 6.07) is 12.4. The molecule has 0 saturated carbocycles. The Balaban J connectivity index is 0.794. The summed E-state index contributed by atoms with van der Waals surface area (Å²) in [5.41, 5.74) is 6.02. The van der Waals surface area contributed by atoms with E-state index in [9.17, 15) is 28.8 Å². The summed E-state index contributed by atoms with van der Waals surface area (Å²) in [5, 5.41) is 9.49. The molecule has 2 aromatic heterocycles. The van der Waals surface area contributed by atoms with Crippen molar-refractivity contribution in [3.63, 3.8) is 0 Å². The van der Waals surface area contributed by atoms with Gasteiger partial charge in [-0.05, 0) is 74.3 Å². The third-order valence-electron chi connectivity index (χ3n) is 12.8. The van der Waals surface area contributed by atoms with Crippen LogP contribution in [0.3, 0.4) is 0 Å². The molecule has 60 heavy (non-hydrogen) atoms. The molecule has 0 bridgehead atoms. The first-order valence-electron chi connectivity index (χ1n) is 21.1. The SMILES string of the molecule is CC(=O)N1CCn2c(C3CCOCC3)nc(-c3ccnc4cc(C5CCN(C(=O)NCCCNc6cccc7c6C(=O)N(C6CCC(=O)NC6=O)C7=O)CC5)ccc34)c2C1. The van der Waals surface area contributed by atoms with Crippen LogP contribution in [0, 0.1) is 0 Å². The van der Waals surface area contributed by atoms with E-state index in [2.05, 4.69) is 38.7 Å². The number of piperidine rings is 2. The highest BCUT2D eigenvalue weighted by Gasteiger charge is 2.45. The van der Waals surface area contributed by atoms with Crippen LogP contribution in [-0.4, -0.2) is 117 Å². The molecule has 3 saturated heterocycles. The average molecular weight is 816 g/mol. The van der Waals surface area contributed by atoms with Crippen molar-refractivity contribution < 1.29 is 33.5 Å². The molecular formula is C44H49N9O7. The average Bonchev–Trinajstić information content (AvgIpc) is 3.77. The van der Waals surface area contributed by atoms with Gasteiger partial charge in [0.1, 0.15) is 11.9 Å². The van der Waals surface area contributed by atoms with Gasteiger partial charge in [-0.15, -0.1) is 0 Å². The van der Waals surface area contributed by atoms with Crippen molar-refractivity contribution in [1.29, 1.82) is 0 Å². The topological polar surface area (TPSA) is 188 Å². The molecule has 2 aromatic carbocycles. The van der Waals surface area contributed by atoms with Crippen LogP contribution >= 0.6 is 0 Å². The zero-order valence-electron chi connectivity index (χ0n) is 33.7. The fraction of sp³-hybridized carbons (Fsp3) is 0.455. The molecule has 1 unspecified atom stereocenters. The predicted molar refractivity (Wildman–Crippen MR) is 220 cm³/mol. The lowest BCUT2D eigenvalue weighted by molar-refractivity contribution is -0.136. The number of aromatic nitrogens is 3. The van der Waals surface area contributed by atoms with Crippen LogP contribution in [0.15, 0.2) is 48.7 Å². The van der Waals surface area contributed by atoms with Crippen molar-refractivity contribution >= 4 is 52.2 Å². The van der Waals surface area contributed by atoms with E-state index in [4.69, 9.17) is 14.7 Å². The lowest BCUT2D eigenvalue weighted by Gasteiger charge is -2.32. The van der Waals surface area contributed by atoms with Gasteiger partial charge >= 0.3 is 6.03 Å². The van der Waals surface area contributed by atoms with Gasteiger partial charge in [-0.25, -0.2) is 9.78 Å². The number of imide groups is 2. The highest BCUT2D eigenvalue weighted by atomic mass is 16.5. The molecule has 5 aliphatic rings. The van der Waals surface area contributed by atoms with E-state index in [-0.39, 0.29) is 41.8 Å². The van der Waals surface area contributed by atoms with Crippen LogP contribution in [0.1, 0.15) is 102 Å². The van der Waals surface area contributed by atoms with Gasteiger partial charge < -0.3 is 29.7 Å². The highest BCUT2D eigenvalue weighted by Crippen LogP contribution is 2.38. The lowest BCUT2D eigenvalue weighted by Crippen LogP contribution is -2.54. The van der Waals surface area contributed by atoms with Gasteiger partial charge in [0.2, 0.25) is 17.7 Å². The van der Waals surface area contributed by atoms with Crippen molar-refractivity contribution in [2.75, 3.05) is 51.3 Å². The first kappa shape index (κ1) is 39.3. The number of rotatable bonds is 9. The van der Waals surface area contributed by atoms with E-state index in [0.29, 0.717) is 57.3 Å². The molecule has 5 aliphatic heterocycles. The summed E-state index contributed by atoms with van der Waals surface area (Å²) >= 11 is 0. The van der Waals surface area contributed by atoms with Crippen molar-refractivity contribution in [2.45, 2.75) is 82.8 Å². The predicted octanol–water partition coefficient (Wildman–Crippen LogP) is 4.15. The van der Waals surface area contributed by atoms with E-state index in [1.165, 1.54) is 5.56 Å². The fourth-order valence-electron chi connectivity index (χ4n) is 9.47. The molecule has 0 spiro atoms. The van der Waals surface area contributed by atoms with Crippen molar-refractivity contribution in [1.82, 2.24) is 39.9 Å². The Morgan fingerprint density at radius 2 is 1.68 bits per heavy atom. The number of imidazole rings is 1. The zero-order chi connectivity index (χ0) is 41.5. The van der Waals surface area contributed by atoms with E-state index >= 15 is 0 Å². The van der Waals surface area contributed by atoms with Crippen LogP contribution in [0.5, 0.6) is 0 Å². The van der Waals surface area contributed by atoms with Gasteiger partial charge in [-0.3, -0.25) is 39.2 Å². The summed E-state index contributed by atoms with van der Waals surface area (Å²) in [5.74, 6) is -0.422. The number of amides is 7. The number of benzene rings is 2. The minimum atomic E-state index is -1.03. The number of hydrogen-bond acceptors (Lipinski definition) is 10. The Labute approximate surface area is 347 Å². The number of fused-ring (bicyclic) bond motifs is 3. The number of nitrogens with one attached hydrogen (secondary N) is 3. The number of pyridine rings is 1. The minimum Gasteiger partial charge on any atom is -0.384 e. The maximum Gasteiger partial charge on any atom is 0.317 e. The van der Waals surface area contributed by atoms with Crippen LogP contribution in [0.2, 0.25) is 0 Å². The Morgan fingerprint density at radius 1 is 0.867 bits per heavy atom. The smallest absolute Gasteiger partial charge is 0.317 e. The fourth-order valence-corrected chi connectivity index (χ4v) is 9.47. The molecule has 7 amide bonds. The number of likely N-dealkylation sites (tertiary alicyclic amines) is 1. The standard InChI is InChI=1S/C44H49N9O7/c1-26(54)51-20-21-52-36(25-51)39(49-40(52)28-13-22-60-23-14-28)31-10-17-46-34-24-29(6-7-30(31)34)27-11-18-50(19-12-27)44(59)47-16-3-15-45-33-5-2-4-32-38(33)43(58)53(42(32)57)35-8-9-37(55)48-41(35)56/h2,4-7,10,17,24,27-28,35,45H,3,8-9,11-16,18-23,25H2,1H3,(H,47,59)(H,48,55,56). The maximum absolute atomic E-state index is 13.4. The number of urea groups is 1. The normalized spacial score (nSPS) is 20.0. The van der Waals surface area contributed by atoms with Gasteiger partial charge in [0, 0.05) is 94.6 Å². The summed E-state index contributed by atoms with van der Waals surface area (Å²) in [7, 11) is 0. The molecule has 16 heteroatoms. The van der Waals surface area contributed by atoms with E-state index in [0.717, 1.165) is 84.0 Å². The Kier molecular flexibility index (Phi) is 10.8. The third kappa shape index (κ3) is 7.37. The van der Waals surface area contributed by atoms with E-state index < -0.39 is 29.7 Å². The third-order valence-corrected chi connectivity index (χ3v) is 12.8. The van der Waals surface area contributed by atoms with Gasteiger partial charge in [0.15, 0.2) is 0 Å². The quantitative estimate of drug-likeness (QED) is 0.164. The molecule has 4 aromatic rings. The molecule has 9 rings (SSSR count). The molecule has 7 heterocycles. The number of hydrogen-bond donors (Lipinski definition) is 3. The summed E-state index contributed by atoms with van der Waals surface area (Å²) in [6.07, 6.45) is 6.10. The monoisotopic (exact) mass is 815 g/mol. The number of nitrogens with zero attached hydrogens (tertiary/aromatic N) is 6. The minimum absolute atomic E-state index is 0.0559. The lowest BCUT2D eigenvalue weighted by atomic mass is 9.88. The molecule has 312 valence electrons. The first-order chi connectivity index (χ1) is 29.2. The number of carbonyl (C=O) groups is 6. The van der Waals surface area contributed by atoms with Crippen LogP contribution < -0.4 is 16.0 Å². The maximum atomic E-state index is 13.4. The summed E-state index contributed by atoms with van der Waals surface area (Å²) < 4.78 is 8.00. The second-order valence-electron chi connectivity index (χ2n) is 16.3. The van der Waals surface area contributed by atoms with Gasteiger partial charge in [0.05, 0.1) is 34.6 Å². The zero-order valence-corrected chi connectivity index (χ0v) is 33.7. The van der Waals surface area contributed by atoms with Gasteiger partial charge in [-0.1, -0.05) is 18.2 Å². The van der Waals surface area contributed by atoms with Crippen LogP contribution in [0.25, 0.3) is 22.2 Å². The molecule has 1 atom stereocenters. The molecule has 0 aliphatic carbocycles. The van der Waals surface area contributed by atoms with Crippen molar-refractivity contribution in [3.8, 4) is 11.3 Å². The first-order valence-corrected chi connectivity index (χ1v) is 21.1. The largest absolute Gasteiger partial charge is 0.384 e. The highest BCUT2D eigenvalue weighted by molar-refractivity contribution is 6.25. The second kappa shape index (κ2) is 16.5. The molecular weight excluding hydrogens is 767 g/mol. The molecule has 3 fully saturated rings. The van der Waals surface area contributed by atoms with Gasteiger partial charge in [-0.2, -0.15) is 0 Å². The number of carbonyl (C=O) groups excluding carboxylic acids is 6. The molecule has 0 radical (unpaired) electrons. The van der Waals surface area contributed by atoms with Gasteiger partial charge in [0.25, 0.3) is 11.8 Å². The molecule has 3 N–H and O–H groups in total. The second-order valence-corrected chi connectivity index (χ2v) is 16.3. The number of anilines is 1. The van der Waals surface area contributed by atoms with E-state index in [1.807, 2.05) is 22.1 Å². The van der Waals surface area contributed by atoms with Crippen molar-refractivity contribution in [2.24, 2.45) is 0 Å². The molecule has 16 nitrogen and oxygen atoms in total.